The second kappa shape index (κ2) is 7.70. The summed E-state index contributed by atoms with van der Waals surface area (Å²) < 4.78 is 6.10. The zero-order valence-corrected chi connectivity index (χ0v) is 14.3. The van der Waals surface area contributed by atoms with E-state index in [0.717, 1.165) is 25.5 Å². The van der Waals surface area contributed by atoms with Crippen LogP contribution in [-0.2, 0) is 11.3 Å². The van der Waals surface area contributed by atoms with E-state index >= 15 is 0 Å². The summed E-state index contributed by atoms with van der Waals surface area (Å²) in [4.78, 5) is 13.1. The third-order valence-electron chi connectivity index (χ3n) is 4.37. The van der Waals surface area contributed by atoms with Gasteiger partial charge in [-0.1, -0.05) is 30.3 Å². The molecular weight excluding hydrogens is 302 g/mol. The lowest BCUT2D eigenvalue weighted by Gasteiger charge is -2.40. The average molecular weight is 327 g/mol. The van der Waals surface area contributed by atoms with Crippen molar-refractivity contribution in [1.82, 2.24) is 19.8 Å². The molecule has 6 nitrogen and oxygen atoms in total. The summed E-state index contributed by atoms with van der Waals surface area (Å²) in [5, 5.41) is 0. The molecule has 0 aliphatic carbocycles. The molecule has 1 aliphatic rings. The van der Waals surface area contributed by atoms with Crippen molar-refractivity contribution in [2.45, 2.75) is 18.7 Å². The predicted molar refractivity (Wildman–Crippen MR) is 94.3 cm³/mol. The van der Waals surface area contributed by atoms with Gasteiger partial charge in [-0.3, -0.25) is 9.80 Å². The van der Waals surface area contributed by atoms with Crippen LogP contribution < -0.4 is 5.73 Å². The van der Waals surface area contributed by atoms with Crippen LogP contribution in [0.25, 0.3) is 0 Å². The van der Waals surface area contributed by atoms with Gasteiger partial charge in [-0.15, -0.1) is 0 Å². The van der Waals surface area contributed by atoms with Gasteiger partial charge in [0.05, 0.1) is 25.3 Å². The number of hydrogen-bond donors (Lipinski definition) is 1. The number of nitrogens with two attached hydrogens (primary N) is 1. The number of ether oxygens (including phenoxy) is 1. The SMILES string of the molecule is CN(Cc1nccc(N)n1)C[C@@H]1OCCN(C)[C@H]1c1ccccc1. The molecule has 0 spiro atoms. The maximum Gasteiger partial charge on any atom is 0.144 e. The first-order valence-corrected chi connectivity index (χ1v) is 8.26. The number of benzene rings is 1. The molecular formula is C18H25N5O. The number of rotatable bonds is 5. The Morgan fingerprint density at radius 1 is 1.29 bits per heavy atom. The molecule has 1 aromatic carbocycles. The van der Waals surface area contributed by atoms with E-state index in [4.69, 9.17) is 10.5 Å². The number of likely N-dealkylation sites (N-methyl/N-ethyl adjacent to an activating group) is 2. The highest BCUT2D eigenvalue weighted by Gasteiger charge is 2.32. The van der Waals surface area contributed by atoms with Crippen LogP contribution in [0.3, 0.4) is 0 Å². The van der Waals surface area contributed by atoms with Crippen molar-refractivity contribution in [3.05, 3.63) is 54.0 Å². The van der Waals surface area contributed by atoms with E-state index in [0.29, 0.717) is 12.4 Å². The minimum atomic E-state index is 0.109. The number of nitrogen functional groups attached to an aromatic ring is 1. The molecule has 2 atom stereocenters. The zero-order valence-electron chi connectivity index (χ0n) is 14.3. The van der Waals surface area contributed by atoms with Gasteiger partial charge in [0.15, 0.2) is 0 Å². The van der Waals surface area contributed by atoms with Gasteiger partial charge in [0.2, 0.25) is 0 Å². The van der Waals surface area contributed by atoms with E-state index in [-0.39, 0.29) is 12.1 Å². The number of anilines is 1. The monoisotopic (exact) mass is 327 g/mol. The van der Waals surface area contributed by atoms with Gasteiger partial charge >= 0.3 is 0 Å². The van der Waals surface area contributed by atoms with E-state index in [2.05, 4.69) is 58.1 Å². The highest BCUT2D eigenvalue weighted by Crippen LogP contribution is 2.28. The third kappa shape index (κ3) is 4.08. The summed E-state index contributed by atoms with van der Waals surface area (Å²) >= 11 is 0. The number of hydrogen-bond acceptors (Lipinski definition) is 6. The van der Waals surface area contributed by atoms with E-state index in [1.807, 2.05) is 6.07 Å². The van der Waals surface area contributed by atoms with Crippen LogP contribution in [0.2, 0.25) is 0 Å². The van der Waals surface area contributed by atoms with Crippen molar-refractivity contribution >= 4 is 5.82 Å². The molecule has 1 fully saturated rings. The molecule has 2 heterocycles. The molecule has 0 unspecified atom stereocenters. The Kier molecular flexibility index (Phi) is 5.40. The number of morpholine rings is 1. The van der Waals surface area contributed by atoms with Crippen LogP contribution in [0.5, 0.6) is 0 Å². The van der Waals surface area contributed by atoms with Crippen molar-refractivity contribution < 1.29 is 4.74 Å². The van der Waals surface area contributed by atoms with Gasteiger partial charge in [-0.25, -0.2) is 9.97 Å². The smallest absolute Gasteiger partial charge is 0.144 e. The molecule has 0 bridgehead atoms. The van der Waals surface area contributed by atoms with Crippen LogP contribution in [0, 0.1) is 0 Å². The average Bonchev–Trinajstić information content (AvgIpc) is 2.55. The number of aromatic nitrogens is 2. The molecule has 2 N–H and O–H groups in total. The second-order valence-electron chi connectivity index (χ2n) is 6.34. The Labute approximate surface area is 143 Å². The summed E-state index contributed by atoms with van der Waals surface area (Å²) in [6.45, 7) is 3.16. The first-order valence-electron chi connectivity index (χ1n) is 8.26. The van der Waals surface area contributed by atoms with E-state index < -0.39 is 0 Å². The fourth-order valence-corrected chi connectivity index (χ4v) is 3.24. The highest BCUT2D eigenvalue weighted by atomic mass is 16.5. The minimum absolute atomic E-state index is 0.109. The molecule has 24 heavy (non-hydrogen) atoms. The fraction of sp³-hybridized carbons (Fsp3) is 0.444. The Morgan fingerprint density at radius 3 is 2.83 bits per heavy atom. The van der Waals surface area contributed by atoms with Gasteiger partial charge in [0.1, 0.15) is 11.6 Å². The summed E-state index contributed by atoms with van der Waals surface area (Å²) in [6, 6.07) is 12.5. The van der Waals surface area contributed by atoms with E-state index in [1.54, 1.807) is 12.3 Å². The van der Waals surface area contributed by atoms with Crippen molar-refractivity contribution in [3.63, 3.8) is 0 Å². The second-order valence-corrected chi connectivity index (χ2v) is 6.34. The standard InChI is InChI=1S/C18H25N5O/c1-22(13-17-20-9-8-16(19)21-17)12-15-18(23(2)10-11-24-15)14-6-4-3-5-7-14/h3-9,15,18H,10-13H2,1-2H3,(H2,19,20,21)/t15-,18-/m0/s1. The van der Waals surface area contributed by atoms with E-state index in [1.165, 1.54) is 5.56 Å². The Hall–Kier alpha value is -2.02. The van der Waals surface area contributed by atoms with Crippen LogP contribution in [-0.4, -0.2) is 59.7 Å². The molecule has 1 aromatic heterocycles. The van der Waals surface area contributed by atoms with Gasteiger partial charge in [-0.2, -0.15) is 0 Å². The molecule has 3 rings (SSSR count). The lowest BCUT2D eigenvalue weighted by Crippen LogP contribution is -2.47. The van der Waals surface area contributed by atoms with E-state index in [9.17, 15) is 0 Å². The highest BCUT2D eigenvalue weighted by molar-refractivity contribution is 5.25. The van der Waals surface area contributed by atoms with Gasteiger partial charge < -0.3 is 10.5 Å². The first-order chi connectivity index (χ1) is 11.6. The van der Waals surface area contributed by atoms with Gasteiger partial charge in [0.25, 0.3) is 0 Å². The Balaban J connectivity index is 1.69. The fourth-order valence-electron chi connectivity index (χ4n) is 3.24. The first kappa shape index (κ1) is 16.8. The summed E-state index contributed by atoms with van der Waals surface area (Å²) in [5.41, 5.74) is 7.02. The van der Waals surface area contributed by atoms with Crippen molar-refractivity contribution in [2.75, 3.05) is 39.5 Å². The lowest BCUT2D eigenvalue weighted by molar-refractivity contribution is -0.0744. The third-order valence-corrected chi connectivity index (χ3v) is 4.37. The normalized spacial score (nSPS) is 22.0. The van der Waals surface area contributed by atoms with Crippen LogP contribution >= 0.6 is 0 Å². The summed E-state index contributed by atoms with van der Waals surface area (Å²) in [7, 11) is 4.22. The molecule has 1 aliphatic heterocycles. The summed E-state index contributed by atoms with van der Waals surface area (Å²) in [6.07, 6.45) is 1.81. The molecule has 0 amide bonds. The maximum absolute atomic E-state index is 6.10. The quantitative estimate of drug-likeness (QED) is 0.899. The van der Waals surface area contributed by atoms with Crippen molar-refractivity contribution in [3.8, 4) is 0 Å². The van der Waals surface area contributed by atoms with Crippen LogP contribution in [0.15, 0.2) is 42.6 Å². The Morgan fingerprint density at radius 2 is 2.08 bits per heavy atom. The Bertz CT molecular complexity index is 651. The van der Waals surface area contributed by atoms with Crippen LogP contribution in [0.1, 0.15) is 17.4 Å². The molecule has 0 radical (unpaired) electrons. The maximum atomic E-state index is 6.10. The topological polar surface area (TPSA) is 67.5 Å². The minimum Gasteiger partial charge on any atom is -0.384 e. The number of nitrogens with zero attached hydrogens (tertiary/aromatic N) is 4. The van der Waals surface area contributed by atoms with Crippen molar-refractivity contribution in [2.24, 2.45) is 0 Å². The van der Waals surface area contributed by atoms with Crippen molar-refractivity contribution in [1.29, 1.82) is 0 Å². The van der Waals surface area contributed by atoms with Crippen LogP contribution in [0.4, 0.5) is 5.82 Å². The van der Waals surface area contributed by atoms with Gasteiger partial charge in [-0.05, 0) is 25.7 Å². The predicted octanol–water partition coefficient (Wildman–Crippen LogP) is 1.56. The largest absolute Gasteiger partial charge is 0.384 e. The molecule has 6 heteroatoms. The molecule has 128 valence electrons. The summed E-state index contributed by atoms with van der Waals surface area (Å²) in [5.74, 6) is 1.24. The lowest BCUT2D eigenvalue weighted by atomic mass is 9.98. The zero-order chi connectivity index (χ0) is 16.9. The molecule has 0 saturated carbocycles. The molecule has 2 aromatic rings. The molecule has 1 saturated heterocycles. The van der Waals surface area contributed by atoms with Gasteiger partial charge in [0, 0.05) is 19.3 Å².